The summed E-state index contributed by atoms with van der Waals surface area (Å²) in [6.07, 6.45) is -3.49. The van der Waals surface area contributed by atoms with Gasteiger partial charge in [-0.05, 0) is 37.5 Å². The molecule has 0 bridgehead atoms. The van der Waals surface area contributed by atoms with Crippen molar-refractivity contribution in [2.24, 2.45) is 0 Å². The number of hydrogen-bond acceptors (Lipinski definition) is 5. The summed E-state index contributed by atoms with van der Waals surface area (Å²) in [7, 11) is 0. The molecule has 3 aromatic rings. The number of nitrogens with one attached hydrogen (secondary N) is 1. The quantitative estimate of drug-likeness (QED) is 0.719. The number of nitrogens with zero attached hydrogens (tertiary/aromatic N) is 5. The van der Waals surface area contributed by atoms with E-state index in [0.29, 0.717) is 12.4 Å². The lowest BCUT2D eigenvalue weighted by atomic mass is 10.00. The number of hydrogen-bond donors (Lipinski definition) is 1. The molecule has 0 unspecified atom stereocenters. The van der Waals surface area contributed by atoms with Gasteiger partial charge in [0, 0.05) is 24.8 Å². The van der Waals surface area contributed by atoms with Crippen LogP contribution in [0.25, 0.3) is 5.95 Å². The SMILES string of the molecule is Cc1cc(C)n(-c2nc(NCC(F)(F)F)cc(N3CCc4ccccc4C3)n2)n1. The molecule has 0 amide bonds. The van der Waals surface area contributed by atoms with Crippen molar-refractivity contribution in [3.05, 3.63) is 58.9 Å². The van der Waals surface area contributed by atoms with Gasteiger partial charge in [-0.25, -0.2) is 4.68 Å². The summed E-state index contributed by atoms with van der Waals surface area (Å²) < 4.78 is 39.7. The van der Waals surface area contributed by atoms with Crippen LogP contribution < -0.4 is 10.2 Å². The highest BCUT2D eigenvalue weighted by Crippen LogP contribution is 2.26. The van der Waals surface area contributed by atoms with Gasteiger partial charge in [0.25, 0.3) is 5.95 Å². The number of benzene rings is 1. The van der Waals surface area contributed by atoms with Gasteiger partial charge < -0.3 is 10.2 Å². The average molecular weight is 402 g/mol. The highest BCUT2D eigenvalue weighted by Gasteiger charge is 2.27. The Bertz CT molecular complexity index is 1030. The van der Waals surface area contributed by atoms with E-state index in [4.69, 9.17) is 0 Å². The Morgan fingerprint density at radius 2 is 1.83 bits per heavy atom. The zero-order valence-corrected chi connectivity index (χ0v) is 16.2. The van der Waals surface area contributed by atoms with Gasteiger partial charge in [-0.3, -0.25) is 0 Å². The first-order chi connectivity index (χ1) is 13.8. The molecule has 3 heterocycles. The second kappa shape index (κ2) is 7.38. The van der Waals surface area contributed by atoms with Crippen LogP contribution in [0.15, 0.2) is 36.4 Å². The molecule has 1 aromatic carbocycles. The summed E-state index contributed by atoms with van der Waals surface area (Å²) in [5.74, 6) is 0.937. The first-order valence-corrected chi connectivity index (χ1v) is 9.33. The van der Waals surface area contributed by atoms with Gasteiger partial charge in [-0.15, -0.1) is 0 Å². The maximum absolute atomic E-state index is 12.7. The van der Waals surface area contributed by atoms with Gasteiger partial charge in [0.05, 0.1) is 5.69 Å². The van der Waals surface area contributed by atoms with Crippen LogP contribution in [0.5, 0.6) is 0 Å². The molecule has 0 fully saturated rings. The van der Waals surface area contributed by atoms with E-state index in [1.807, 2.05) is 32.0 Å². The van der Waals surface area contributed by atoms with Gasteiger partial charge >= 0.3 is 6.18 Å². The highest BCUT2D eigenvalue weighted by molar-refractivity contribution is 5.53. The third kappa shape index (κ3) is 4.33. The van der Waals surface area contributed by atoms with E-state index < -0.39 is 12.7 Å². The molecule has 9 heteroatoms. The van der Waals surface area contributed by atoms with E-state index >= 15 is 0 Å². The fourth-order valence-electron chi connectivity index (χ4n) is 3.48. The van der Waals surface area contributed by atoms with Crippen LogP contribution in [0.2, 0.25) is 0 Å². The molecule has 1 aliphatic heterocycles. The molecular weight excluding hydrogens is 381 g/mol. The van der Waals surface area contributed by atoms with Crippen LogP contribution >= 0.6 is 0 Å². The summed E-state index contributed by atoms with van der Waals surface area (Å²) >= 11 is 0. The molecule has 1 aliphatic rings. The fraction of sp³-hybridized carbons (Fsp3) is 0.350. The Labute approximate surface area is 166 Å². The number of aryl methyl sites for hydroxylation is 2. The minimum Gasteiger partial charge on any atom is -0.361 e. The van der Waals surface area contributed by atoms with Crippen LogP contribution in [-0.2, 0) is 13.0 Å². The maximum Gasteiger partial charge on any atom is 0.405 e. The topological polar surface area (TPSA) is 58.9 Å². The largest absolute Gasteiger partial charge is 0.405 e. The number of rotatable bonds is 4. The summed E-state index contributed by atoms with van der Waals surface area (Å²) in [5, 5.41) is 6.75. The van der Waals surface area contributed by atoms with E-state index in [0.717, 1.165) is 24.4 Å². The van der Waals surface area contributed by atoms with E-state index in [1.165, 1.54) is 11.1 Å². The van der Waals surface area contributed by atoms with Gasteiger partial charge in [0.2, 0.25) is 0 Å². The van der Waals surface area contributed by atoms with E-state index in [9.17, 15) is 13.2 Å². The monoisotopic (exact) mass is 402 g/mol. The smallest absolute Gasteiger partial charge is 0.361 e. The molecule has 2 aromatic heterocycles. The van der Waals surface area contributed by atoms with Crippen molar-refractivity contribution in [2.45, 2.75) is 33.0 Å². The summed E-state index contributed by atoms with van der Waals surface area (Å²) in [5.41, 5.74) is 4.07. The number of fused-ring (bicyclic) bond motifs is 1. The van der Waals surface area contributed by atoms with Crippen molar-refractivity contribution in [1.29, 1.82) is 0 Å². The predicted octanol–water partition coefficient (Wildman–Crippen LogP) is 3.82. The first kappa shape index (κ1) is 19.2. The normalized spacial score (nSPS) is 14.0. The van der Waals surface area contributed by atoms with Crippen LogP contribution in [0.1, 0.15) is 22.5 Å². The zero-order valence-electron chi connectivity index (χ0n) is 16.2. The molecular formula is C20H21F3N6. The average Bonchev–Trinajstić information content (AvgIpc) is 3.03. The lowest BCUT2D eigenvalue weighted by Crippen LogP contribution is -2.31. The molecule has 152 valence electrons. The minimum atomic E-state index is -4.34. The molecule has 0 atom stereocenters. The fourth-order valence-corrected chi connectivity index (χ4v) is 3.48. The molecule has 0 aliphatic carbocycles. The van der Waals surface area contributed by atoms with Gasteiger partial charge in [0.15, 0.2) is 0 Å². The van der Waals surface area contributed by atoms with Crippen molar-refractivity contribution >= 4 is 11.6 Å². The van der Waals surface area contributed by atoms with E-state index in [1.54, 1.807) is 10.7 Å². The van der Waals surface area contributed by atoms with Crippen molar-refractivity contribution in [3.63, 3.8) is 0 Å². The Morgan fingerprint density at radius 3 is 2.52 bits per heavy atom. The van der Waals surface area contributed by atoms with Crippen LogP contribution in [-0.4, -0.2) is 39.0 Å². The Kier molecular flexibility index (Phi) is 4.89. The molecule has 0 spiro atoms. The van der Waals surface area contributed by atoms with Crippen molar-refractivity contribution < 1.29 is 13.2 Å². The maximum atomic E-state index is 12.7. The molecule has 6 nitrogen and oxygen atoms in total. The van der Waals surface area contributed by atoms with Crippen molar-refractivity contribution in [3.8, 4) is 5.95 Å². The Hall–Kier alpha value is -3.10. The lowest BCUT2D eigenvalue weighted by molar-refractivity contribution is -0.115. The van der Waals surface area contributed by atoms with Crippen LogP contribution in [0.4, 0.5) is 24.8 Å². The second-order valence-corrected chi connectivity index (χ2v) is 7.16. The molecule has 0 radical (unpaired) electrons. The predicted molar refractivity (Wildman–Crippen MR) is 104 cm³/mol. The van der Waals surface area contributed by atoms with Crippen molar-refractivity contribution in [2.75, 3.05) is 23.3 Å². The molecule has 0 saturated heterocycles. The molecule has 1 N–H and O–H groups in total. The minimum absolute atomic E-state index is 0.119. The number of anilines is 2. The van der Waals surface area contributed by atoms with Crippen molar-refractivity contribution in [1.82, 2.24) is 19.7 Å². The first-order valence-electron chi connectivity index (χ1n) is 9.33. The highest BCUT2D eigenvalue weighted by atomic mass is 19.4. The van der Waals surface area contributed by atoms with E-state index in [-0.39, 0.29) is 11.8 Å². The molecule has 0 saturated carbocycles. The summed E-state index contributed by atoms with van der Waals surface area (Å²) in [6, 6.07) is 11.6. The zero-order chi connectivity index (χ0) is 20.6. The number of halogens is 3. The lowest BCUT2D eigenvalue weighted by Gasteiger charge is -2.30. The summed E-state index contributed by atoms with van der Waals surface area (Å²) in [6.45, 7) is 3.91. The Balaban J connectivity index is 1.71. The summed E-state index contributed by atoms with van der Waals surface area (Å²) in [4.78, 5) is 10.9. The van der Waals surface area contributed by atoms with Crippen LogP contribution in [0, 0.1) is 13.8 Å². The number of aromatic nitrogens is 4. The molecule has 4 rings (SSSR count). The van der Waals surface area contributed by atoms with E-state index in [2.05, 4.69) is 37.4 Å². The number of alkyl halides is 3. The molecule has 29 heavy (non-hydrogen) atoms. The van der Waals surface area contributed by atoms with Gasteiger partial charge in [0.1, 0.15) is 18.2 Å². The standard InChI is InChI=1S/C20H21F3N6/c1-13-9-14(2)29(27-13)19-25-17(24-12-20(21,22)23)10-18(26-19)28-8-7-15-5-3-4-6-16(15)11-28/h3-6,9-10H,7-8,11-12H2,1-2H3,(H,24,25,26). The Morgan fingerprint density at radius 1 is 1.07 bits per heavy atom. The van der Waals surface area contributed by atoms with Gasteiger partial charge in [-0.1, -0.05) is 24.3 Å². The third-order valence-corrected chi connectivity index (χ3v) is 4.82. The van der Waals surface area contributed by atoms with Crippen LogP contribution in [0.3, 0.4) is 0 Å². The third-order valence-electron chi connectivity index (χ3n) is 4.82. The van der Waals surface area contributed by atoms with Gasteiger partial charge in [-0.2, -0.15) is 28.2 Å². The second-order valence-electron chi connectivity index (χ2n) is 7.16.